The highest BCUT2D eigenvalue weighted by Gasteiger charge is 2.29. The summed E-state index contributed by atoms with van der Waals surface area (Å²) in [7, 11) is 0. The molecular weight excluding hydrogens is 232 g/mol. The second-order valence-corrected chi connectivity index (χ2v) is 4.42. The SMILES string of the molecule is N#CC1CCCC1NC(=O)c1cccc(O)c1O. The van der Waals surface area contributed by atoms with E-state index in [-0.39, 0.29) is 23.3 Å². The average molecular weight is 246 g/mol. The fourth-order valence-electron chi connectivity index (χ4n) is 2.25. The maximum atomic E-state index is 11.9. The van der Waals surface area contributed by atoms with E-state index >= 15 is 0 Å². The monoisotopic (exact) mass is 246 g/mol. The lowest BCUT2D eigenvalue weighted by atomic mass is 10.0. The number of nitrogens with zero attached hydrogens (tertiary/aromatic N) is 1. The second-order valence-electron chi connectivity index (χ2n) is 4.42. The number of rotatable bonds is 2. The molecule has 0 aromatic heterocycles. The smallest absolute Gasteiger partial charge is 0.255 e. The van der Waals surface area contributed by atoms with Gasteiger partial charge in [-0.15, -0.1) is 0 Å². The molecule has 94 valence electrons. The van der Waals surface area contributed by atoms with Crippen molar-refractivity contribution in [2.75, 3.05) is 0 Å². The third kappa shape index (κ3) is 2.23. The average Bonchev–Trinajstić information content (AvgIpc) is 2.79. The molecule has 5 nitrogen and oxygen atoms in total. The van der Waals surface area contributed by atoms with Crippen LogP contribution in [-0.2, 0) is 0 Å². The number of para-hydroxylation sites is 1. The third-order valence-corrected chi connectivity index (χ3v) is 3.26. The molecule has 1 aromatic rings. The number of phenolic OH excluding ortho intramolecular Hbond substituents is 2. The van der Waals surface area contributed by atoms with Crippen LogP contribution in [0.4, 0.5) is 0 Å². The van der Waals surface area contributed by atoms with Gasteiger partial charge in [0.05, 0.1) is 17.6 Å². The molecule has 0 saturated heterocycles. The number of hydrogen-bond donors (Lipinski definition) is 3. The van der Waals surface area contributed by atoms with Crippen LogP contribution in [0.25, 0.3) is 0 Å². The number of carbonyl (C=O) groups is 1. The number of aromatic hydroxyl groups is 2. The van der Waals surface area contributed by atoms with Crippen molar-refractivity contribution in [2.24, 2.45) is 5.92 Å². The molecule has 3 N–H and O–H groups in total. The van der Waals surface area contributed by atoms with Crippen LogP contribution in [-0.4, -0.2) is 22.2 Å². The van der Waals surface area contributed by atoms with Crippen LogP contribution >= 0.6 is 0 Å². The molecule has 1 fully saturated rings. The number of benzene rings is 1. The lowest BCUT2D eigenvalue weighted by Crippen LogP contribution is -2.36. The summed E-state index contributed by atoms with van der Waals surface area (Å²) in [6, 6.07) is 6.22. The second kappa shape index (κ2) is 4.96. The Morgan fingerprint density at radius 1 is 1.39 bits per heavy atom. The van der Waals surface area contributed by atoms with E-state index in [4.69, 9.17) is 5.26 Å². The molecule has 1 saturated carbocycles. The summed E-state index contributed by atoms with van der Waals surface area (Å²) < 4.78 is 0. The number of nitriles is 1. The topological polar surface area (TPSA) is 93.4 Å². The van der Waals surface area contributed by atoms with Crippen LogP contribution in [0.15, 0.2) is 18.2 Å². The quantitative estimate of drug-likeness (QED) is 0.690. The van der Waals surface area contributed by atoms with Crippen molar-refractivity contribution in [2.45, 2.75) is 25.3 Å². The third-order valence-electron chi connectivity index (χ3n) is 3.26. The lowest BCUT2D eigenvalue weighted by molar-refractivity contribution is 0.0929. The molecule has 1 aliphatic rings. The summed E-state index contributed by atoms with van der Waals surface area (Å²) in [6.45, 7) is 0. The standard InChI is InChI=1S/C13H14N2O3/c14-7-8-3-1-5-10(8)15-13(18)9-4-2-6-11(16)12(9)17/h2,4,6,8,10,16-17H,1,3,5H2,(H,15,18). The van der Waals surface area contributed by atoms with Crippen LogP contribution in [0, 0.1) is 17.2 Å². The first-order valence-corrected chi connectivity index (χ1v) is 5.85. The van der Waals surface area contributed by atoms with Crippen LogP contribution in [0.3, 0.4) is 0 Å². The van der Waals surface area contributed by atoms with Gasteiger partial charge in [0.15, 0.2) is 11.5 Å². The molecule has 0 spiro atoms. The molecule has 5 heteroatoms. The highest BCUT2D eigenvalue weighted by molar-refractivity contribution is 5.97. The van der Waals surface area contributed by atoms with Gasteiger partial charge < -0.3 is 15.5 Å². The van der Waals surface area contributed by atoms with Crippen LogP contribution in [0.5, 0.6) is 11.5 Å². The fraction of sp³-hybridized carbons (Fsp3) is 0.385. The van der Waals surface area contributed by atoms with Crippen LogP contribution in [0.1, 0.15) is 29.6 Å². The number of carbonyl (C=O) groups excluding carboxylic acids is 1. The number of nitrogens with one attached hydrogen (secondary N) is 1. The van der Waals surface area contributed by atoms with Gasteiger partial charge in [-0.05, 0) is 31.4 Å². The van der Waals surface area contributed by atoms with E-state index in [9.17, 15) is 15.0 Å². The normalized spacial score (nSPS) is 22.4. The van der Waals surface area contributed by atoms with Crippen molar-refractivity contribution in [3.05, 3.63) is 23.8 Å². The van der Waals surface area contributed by atoms with Crippen molar-refractivity contribution in [1.82, 2.24) is 5.32 Å². The Balaban J connectivity index is 2.13. The largest absolute Gasteiger partial charge is 0.504 e. The Bertz CT molecular complexity index is 507. The van der Waals surface area contributed by atoms with Crippen molar-refractivity contribution < 1.29 is 15.0 Å². The molecule has 1 aromatic carbocycles. The number of amides is 1. The first-order chi connectivity index (χ1) is 8.63. The van der Waals surface area contributed by atoms with E-state index in [0.717, 1.165) is 19.3 Å². The van der Waals surface area contributed by atoms with Gasteiger partial charge in [0, 0.05) is 6.04 Å². The van der Waals surface area contributed by atoms with Gasteiger partial charge >= 0.3 is 0 Å². The molecule has 2 rings (SSSR count). The van der Waals surface area contributed by atoms with Crippen molar-refractivity contribution in [3.63, 3.8) is 0 Å². The zero-order valence-electron chi connectivity index (χ0n) is 9.76. The molecule has 0 aliphatic heterocycles. The molecule has 2 unspecified atom stereocenters. The van der Waals surface area contributed by atoms with Gasteiger partial charge in [-0.3, -0.25) is 4.79 Å². The van der Waals surface area contributed by atoms with E-state index in [1.807, 2.05) is 0 Å². The van der Waals surface area contributed by atoms with Crippen molar-refractivity contribution in [1.29, 1.82) is 5.26 Å². The molecule has 0 bridgehead atoms. The summed E-state index contributed by atoms with van der Waals surface area (Å²) in [6.07, 6.45) is 2.46. The van der Waals surface area contributed by atoms with Gasteiger partial charge in [-0.1, -0.05) is 6.07 Å². The highest BCUT2D eigenvalue weighted by Crippen LogP contribution is 2.29. The molecule has 1 amide bonds. The van der Waals surface area contributed by atoms with Gasteiger partial charge in [0.1, 0.15) is 0 Å². The number of hydrogen-bond acceptors (Lipinski definition) is 4. The van der Waals surface area contributed by atoms with Crippen LogP contribution in [0.2, 0.25) is 0 Å². The maximum Gasteiger partial charge on any atom is 0.255 e. The zero-order valence-corrected chi connectivity index (χ0v) is 9.76. The van der Waals surface area contributed by atoms with E-state index in [1.54, 1.807) is 0 Å². The molecule has 2 atom stereocenters. The molecule has 0 radical (unpaired) electrons. The van der Waals surface area contributed by atoms with Gasteiger partial charge in [-0.25, -0.2) is 0 Å². The zero-order chi connectivity index (χ0) is 13.1. The van der Waals surface area contributed by atoms with E-state index in [1.165, 1.54) is 18.2 Å². The Labute approximate surface area is 105 Å². The molecular formula is C13H14N2O3. The van der Waals surface area contributed by atoms with Gasteiger partial charge in [-0.2, -0.15) is 5.26 Å². The van der Waals surface area contributed by atoms with Crippen molar-refractivity contribution >= 4 is 5.91 Å². The van der Waals surface area contributed by atoms with E-state index in [2.05, 4.69) is 11.4 Å². The Kier molecular flexibility index (Phi) is 3.38. The fourth-order valence-corrected chi connectivity index (χ4v) is 2.25. The molecule has 18 heavy (non-hydrogen) atoms. The lowest BCUT2D eigenvalue weighted by Gasteiger charge is -2.16. The summed E-state index contributed by atoms with van der Waals surface area (Å²) in [5, 5.41) is 30.6. The van der Waals surface area contributed by atoms with E-state index in [0.29, 0.717) is 0 Å². The van der Waals surface area contributed by atoms with Crippen LogP contribution < -0.4 is 5.32 Å². The molecule has 0 heterocycles. The maximum absolute atomic E-state index is 11.9. The summed E-state index contributed by atoms with van der Waals surface area (Å²) in [5.41, 5.74) is 0.0265. The van der Waals surface area contributed by atoms with Crippen molar-refractivity contribution in [3.8, 4) is 17.6 Å². The first-order valence-electron chi connectivity index (χ1n) is 5.85. The van der Waals surface area contributed by atoms with E-state index < -0.39 is 11.7 Å². The minimum atomic E-state index is -0.462. The van der Waals surface area contributed by atoms with Gasteiger partial charge in [0.2, 0.25) is 0 Å². The summed E-state index contributed by atoms with van der Waals surface area (Å²) >= 11 is 0. The minimum absolute atomic E-state index is 0.0265. The highest BCUT2D eigenvalue weighted by atomic mass is 16.3. The first kappa shape index (κ1) is 12.2. The summed E-state index contributed by atoms with van der Waals surface area (Å²) in [5.74, 6) is -1.39. The Hall–Kier alpha value is -2.22. The Morgan fingerprint density at radius 3 is 2.89 bits per heavy atom. The predicted octanol–water partition coefficient (Wildman–Crippen LogP) is 1.52. The number of phenols is 2. The minimum Gasteiger partial charge on any atom is -0.504 e. The molecule has 1 aliphatic carbocycles. The Morgan fingerprint density at radius 2 is 2.17 bits per heavy atom. The summed E-state index contributed by atoms with van der Waals surface area (Å²) in [4.78, 5) is 11.9. The predicted molar refractivity (Wildman–Crippen MR) is 64.0 cm³/mol. The van der Waals surface area contributed by atoms with Gasteiger partial charge in [0.25, 0.3) is 5.91 Å².